The molecule has 7 amide bonds. The van der Waals surface area contributed by atoms with Gasteiger partial charge in [-0.25, -0.2) is 14.4 Å². The Morgan fingerprint density at radius 3 is 1.34 bits per heavy atom. The predicted molar refractivity (Wildman–Crippen MR) is 432 cm³/mol. The van der Waals surface area contributed by atoms with E-state index in [9.17, 15) is 127 Å². The molecule has 1 saturated heterocycles. The number of nitrogens with one attached hydrogen (secondary N) is 7. The number of fused-ring (bicyclic) bond motifs is 1. The zero-order valence-corrected chi connectivity index (χ0v) is 68.4. The third kappa shape index (κ3) is 39.6. The molecule has 7 atom stereocenters. The summed E-state index contributed by atoms with van der Waals surface area (Å²) in [6.07, 6.45) is -1.42. The first-order chi connectivity index (χ1) is 56.5. The van der Waals surface area contributed by atoms with Crippen molar-refractivity contribution in [2.24, 2.45) is 23.7 Å². The van der Waals surface area contributed by atoms with E-state index in [4.69, 9.17) is 5.11 Å². The van der Waals surface area contributed by atoms with Crippen LogP contribution in [0.3, 0.4) is 0 Å². The van der Waals surface area contributed by atoms with Crippen LogP contribution in [-0.4, -0.2) is 294 Å². The standard InChI is InChI=1S/C80H110IN11O27/c81-57-25-19-49(20-26-57)9-8-15-65(95)85-61(78(114)115)41-67(97)87-63(80(118)119)43-68(98)86-62(79(116)117)42-66(96)84-59(13-6-7-28-82-69(99)45-89-29-31-90(46-71(102)103)33-35-92(48-73(106)107)36-34-91(32-30-89)47-72(104)105)75(109)83-44-50-16-22-53(23-17-50)74(108)88-60(38-51-18-21-52-10-4-5-11-54(52)37-51)64(94)14-3-1-2-12-55(76(110)111)39-58(93)40-56(77(112)113)24-27-70(100)101/h4-5,10-11,18-21,25-26,37,50,53,55-56,59-63H,1-3,6-9,12-17,22-24,27-36,38-48H2,(H,82,99)(H,83,109)(H,84,96)(H,85,95)(H,86,98)(H,87,97)(H,88,108)(H,100,101)(H,102,103)(H,104,105)(H,106,107)(H,110,111)(H,112,113)(H,114,115)(H,116,117)(H,118,119). The van der Waals surface area contributed by atoms with Gasteiger partial charge in [0.25, 0.3) is 0 Å². The van der Waals surface area contributed by atoms with E-state index in [1.54, 1.807) is 19.6 Å². The Hall–Kier alpha value is -10.7. The lowest BCUT2D eigenvalue weighted by molar-refractivity contribution is -0.147. The number of Topliss-reactive ketones (excluding diaryl/α,β-unsaturated/α-hetero) is 2. The van der Waals surface area contributed by atoms with Crippen molar-refractivity contribution >= 4 is 140 Å². The van der Waals surface area contributed by atoms with E-state index in [-0.39, 0.29) is 155 Å². The zero-order chi connectivity index (χ0) is 87.7. The number of carboxylic acid groups (broad SMARTS) is 9. The zero-order valence-electron chi connectivity index (χ0n) is 66.3. The Morgan fingerprint density at radius 1 is 0.387 bits per heavy atom. The first-order valence-corrected chi connectivity index (χ1v) is 40.8. The van der Waals surface area contributed by atoms with Crippen LogP contribution in [-0.2, 0) is 99.1 Å². The van der Waals surface area contributed by atoms with Crippen LogP contribution in [0.4, 0.5) is 0 Å². The van der Waals surface area contributed by atoms with Crippen molar-refractivity contribution in [3.8, 4) is 0 Å². The van der Waals surface area contributed by atoms with Crippen LogP contribution in [0.15, 0.2) is 66.7 Å². The third-order valence-electron chi connectivity index (χ3n) is 20.7. The maximum absolute atomic E-state index is 14.3. The minimum atomic E-state index is -2.07. The van der Waals surface area contributed by atoms with Crippen LogP contribution < -0.4 is 37.2 Å². The average molecular weight is 1780 g/mol. The Balaban J connectivity index is 1.23. The quantitative estimate of drug-likeness (QED) is 0.0282. The number of halogens is 1. The van der Waals surface area contributed by atoms with E-state index in [1.807, 2.05) is 77.4 Å². The van der Waals surface area contributed by atoms with Gasteiger partial charge in [-0.15, -0.1) is 0 Å². The SMILES string of the molecule is O=C(O)CCC(CC(=O)CC(CCCCCC(=O)C(Cc1ccc2ccccc2c1)NC(=O)C1CCC(CNC(=O)C(CCCCNC(=O)CN2CCN(CC(=O)O)CCN(CC(=O)O)CCN(CC(=O)O)CC2)NC(=O)CC(NC(=O)CC(NC(=O)CC(NC(=O)CCCc2ccc(I)cc2)C(=O)O)C(=O)O)C(=O)O)CC1)C(=O)O)C(=O)O. The van der Waals surface area contributed by atoms with Gasteiger partial charge in [-0.05, 0) is 146 Å². The second kappa shape index (κ2) is 52.3. The first-order valence-electron chi connectivity index (χ1n) is 39.7. The number of carbonyl (C=O) groups excluding carboxylic acids is 9. The van der Waals surface area contributed by atoms with E-state index in [0.717, 1.165) is 25.5 Å². The highest BCUT2D eigenvalue weighted by atomic mass is 127. The van der Waals surface area contributed by atoms with Gasteiger partial charge in [0, 0.05) is 107 Å². The molecule has 0 aromatic heterocycles. The van der Waals surface area contributed by atoms with Crippen LogP contribution in [0.25, 0.3) is 10.8 Å². The minimum Gasteiger partial charge on any atom is -0.481 e. The molecule has 1 aliphatic carbocycles. The Kier molecular flexibility index (Phi) is 43.5. The smallest absolute Gasteiger partial charge is 0.326 e. The molecule has 16 N–H and O–H groups in total. The average Bonchev–Trinajstić information content (AvgIpc) is 0.830. The number of hydrogen-bond acceptors (Lipinski definition) is 22. The van der Waals surface area contributed by atoms with Gasteiger partial charge in [-0.2, -0.15) is 0 Å². The van der Waals surface area contributed by atoms with Crippen molar-refractivity contribution < 1.29 is 132 Å². The van der Waals surface area contributed by atoms with Crippen LogP contribution in [0.2, 0.25) is 0 Å². The molecule has 3 aromatic carbocycles. The Bertz CT molecular complexity index is 3980. The number of ketones is 2. The lowest BCUT2D eigenvalue weighted by Gasteiger charge is -2.32. The molecule has 38 nitrogen and oxygen atoms in total. The maximum Gasteiger partial charge on any atom is 0.326 e. The molecule has 5 rings (SSSR count). The largest absolute Gasteiger partial charge is 0.481 e. The monoisotopic (exact) mass is 1780 g/mol. The van der Waals surface area contributed by atoms with Crippen LogP contribution >= 0.6 is 22.6 Å². The van der Waals surface area contributed by atoms with E-state index in [0.29, 0.717) is 57.8 Å². The number of carbonyl (C=O) groups is 18. The number of unbranched alkanes of at least 4 members (excludes halogenated alkanes) is 3. The van der Waals surface area contributed by atoms with E-state index in [1.165, 1.54) is 0 Å². The molecule has 7 unspecified atom stereocenters. The summed E-state index contributed by atoms with van der Waals surface area (Å²) in [5.41, 5.74) is 1.68. The molecule has 2 aliphatic rings. The lowest BCUT2D eigenvalue weighted by atomic mass is 9.81. The van der Waals surface area contributed by atoms with E-state index in [2.05, 4.69) is 49.2 Å². The van der Waals surface area contributed by atoms with Crippen LogP contribution in [0.5, 0.6) is 0 Å². The van der Waals surface area contributed by atoms with Gasteiger partial charge in [0.2, 0.25) is 41.4 Å². The first kappa shape index (κ1) is 98.9. The summed E-state index contributed by atoms with van der Waals surface area (Å²) in [5.74, 6) is -22.6. The molecule has 3 aromatic rings. The second-order valence-corrected chi connectivity index (χ2v) is 31.4. The van der Waals surface area contributed by atoms with Crippen molar-refractivity contribution in [1.29, 1.82) is 0 Å². The predicted octanol–water partition coefficient (Wildman–Crippen LogP) is 1.68. The summed E-state index contributed by atoms with van der Waals surface area (Å²) in [5, 5.41) is 107. The molecule has 119 heavy (non-hydrogen) atoms. The highest BCUT2D eigenvalue weighted by molar-refractivity contribution is 14.1. The fourth-order valence-corrected chi connectivity index (χ4v) is 14.4. The molecule has 1 aliphatic heterocycles. The van der Waals surface area contributed by atoms with Gasteiger partial charge in [0.1, 0.15) is 30.0 Å². The van der Waals surface area contributed by atoms with Crippen molar-refractivity contribution in [3.63, 3.8) is 0 Å². The summed E-state index contributed by atoms with van der Waals surface area (Å²) in [6, 6.07) is 12.4. The number of carboxylic acids is 9. The number of aliphatic carboxylic acids is 9. The molecule has 0 spiro atoms. The highest BCUT2D eigenvalue weighted by Gasteiger charge is 2.35. The van der Waals surface area contributed by atoms with Gasteiger partial charge >= 0.3 is 53.7 Å². The summed E-state index contributed by atoms with van der Waals surface area (Å²) < 4.78 is 0.995. The Labute approximate surface area is 700 Å². The topological polar surface area (TPSA) is 586 Å². The van der Waals surface area contributed by atoms with Gasteiger partial charge in [-0.1, -0.05) is 67.4 Å². The van der Waals surface area contributed by atoms with E-state index < -0.39 is 187 Å². The normalized spacial score (nSPS) is 16.9. The summed E-state index contributed by atoms with van der Waals surface area (Å²) in [4.78, 5) is 236. The molecular weight excluding hydrogens is 1670 g/mol. The van der Waals surface area contributed by atoms with Gasteiger partial charge < -0.3 is 83.2 Å². The van der Waals surface area contributed by atoms with Crippen molar-refractivity contribution in [3.05, 3.63) is 81.4 Å². The van der Waals surface area contributed by atoms with Gasteiger partial charge in [-0.3, -0.25) is 91.5 Å². The molecule has 654 valence electrons. The number of aryl methyl sites for hydroxylation is 1. The molecule has 1 saturated carbocycles. The van der Waals surface area contributed by atoms with Gasteiger partial charge in [0.15, 0.2) is 5.78 Å². The van der Waals surface area contributed by atoms with Gasteiger partial charge in [0.05, 0.1) is 63.3 Å². The highest BCUT2D eigenvalue weighted by Crippen LogP contribution is 2.30. The van der Waals surface area contributed by atoms with Crippen LogP contribution in [0.1, 0.15) is 146 Å². The molecule has 0 radical (unpaired) electrons. The summed E-state index contributed by atoms with van der Waals surface area (Å²) in [6.45, 7) is -0.130. The molecular formula is C80H110IN11O27. The molecule has 2 fully saturated rings. The minimum absolute atomic E-state index is 0.00129. The summed E-state index contributed by atoms with van der Waals surface area (Å²) >= 11 is 2.13. The lowest BCUT2D eigenvalue weighted by Crippen LogP contribution is -2.52. The molecule has 0 bridgehead atoms. The number of hydrogen-bond donors (Lipinski definition) is 16. The summed E-state index contributed by atoms with van der Waals surface area (Å²) in [7, 11) is 0. The molecule has 1 heterocycles. The third-order valence-corrected chi connectivity index (χ3v) is 21.4. The van der Waals surface area contributed by atoms with Crippen molar-refractivity contribution in [1.82, 2.24) is 56.8 Å². The number of nitrogens with zero attached hydrogens (tertiary/aromatic N) is 4. The number of rotatable bonds is 53. The Morgan fingerprint density at radius 2 is 0.849 bits per heavy atom. The number of amides is 7. The maximum atomic E-state index is 14.3. The number of benzene rings is 3. The molecule has 39 heteroatoms. The van der Waals surface area contributed by atoms with Crippen molar-refractivity contribution in [2.75, 3.05) is 91.6 Å². The fraction of sp³-hybridized carbons (Fsp3) is 0.575. The second-order valence-electron chi connectivity index (χ2n) is 30.1. The van der Waals surface area contributed by atoms with E-state index >= 15 is 0 Å². The fourth-order valence-electron chi connectivity index (χ4n) is 14.0. The van der Waals surface area contributed by atoms with Crippen molar-refractivity contribution in [2.45, 2.75) is 178 Å². The van der Waals surface area contributed by atoms with Crippen LogP contribution in [0, 0.1) is 27.2 Å².